The number of allylic oxidation sites excluding steroid dienone is 1. The van der Waals surface area contributed by atoms with E-state index >= 15 is 0 Å². The monoisotopic (exact) mass is 483 g/mol. The normalized spacial score (nSPS) is 13.7. The molecule has 0 bridgehead atoms. The molecule has 1 aromatic carbocycles. The molecule has 0 unspecified atom stereocenters. The molecule has 9 heteroatoms. The second kappa shape index (κ2) is 9.99. The molecule has 3 heterocycles. The van der Waals surface area contributed by atoms with Crippen LogP contribution in [-0.2, 0) is 9.59 Å². The molecule has 1 aliphatic carbocycles. The van der Waals surface area contributed by atoms with Crippen molar-refractivity contribution in [2.75, 3.05) is 6.54 Å². The number of benzene rings is 1. The van der Waals surface area contributed by atoms with Crippen LogP contribution < -0.4 is 10.9 Å². The molecule has 0 radical (unpaired) electrons. The van der Waals surface area contributed by atoms with Gasteiger partial charge in [0.05, 0.1) is 16.8 Å². The van der Waals surface area contributed by atoms with E-state index in [1.165, 1.54) is 10.7 Å². The summed E-state index contributed by atoms with van der Waals surface area (Å²) in [6, 6.07) is 18.8. The number of nitrogens with zero attached hydrogens (tertiary/aromatic N) is 4. The third-order valence-electron chi connectivity index (χ3n) is 6.26. The molecule has 0 fully saturated rings. The Morgan fingerprint density at radius 2 is 1.72 bits per heavy atom. The molecule has 3 aromatic heterocycles. The Balaban J connectivity index is 1.62. The number of rotatable bonds is 7. The van der Waals surface area contributed by atoms with Crippen LogP contribution in [0, 0.1) is 0 Å². The number of hydrogen-bond acceptors (Lipinski definition) is 5. The summed E-state index contributed by atoms with van der Waals surface area (Å²) in [6.45, 7) is -0.438. The van der Waals surface area contributed by atoms with Crippen LogP contribution >= 0.6 is 0 Å². The van der Waals surface area contributed by atoms with E-state index in [4.69, 9.17) is 15.3 Å². The van der Waals surface area contributed by atoms with Gasteiger partial charge in [0.2, 0.25) is 5.91 Å². The van der Waals surface area contributed by atoms with Gasteiger partial charge in [-0.3, -0.25) is 14.4 Å². The summed E-state index contributed by atoms with van der Waals surface area (Å²) in [5, 5.41) is 20.8. The van der Waals surface area contributed by atoms with Gasteiger partial charge in [0.25, 0.3) is 5.56 Å². The predicted octanol–water partition coefficient (Wildman–Crippen LogP) is 3.60. The highest BCUT2D eigenvalue weighted by molar-refractivity contribution is 5.90. The highest BCUT2D eigenvalue weighted by Crippen LogP contribution is 2.34. The average molecular weight is 484 g/mol. The zero-order valence-electron chi connectivity index (χ0n) is 19.6. The van der Waals surface area contributed by atoms with Gasteiger partial charge in [0.1, 0.15) is 12.2 Å². The lowest BCUT2D eigenvalue weighted by Gasteiger charge is -2.21. The van der Waals surface area contributed by atoms with Gasteiger partial charge in [-0.1, -0.05) is 36.4 Å². The molecule has 182 valence electrons. The molecule has 0 atom stereocenters. The van der Waals surface area contributed by atoms with E-state index in [9.17, 15) is 14.4 Å². The van der Waals surface area contributed by atoms with E-state index in [-0.39, 0.29) is 17.9 Å². The predicted molar refractivity (Wildman–Crippen MR) is 135 cm³/mol. The number of hydrogen-bond donors (Lipinski definition) is 2. The Kier molecular flexibility index (Phi) is 6.44. The zero-order chi connectivity index (χ0) is 25.1. The molecule has 0 saturated carbocycles. The first kappa shape index (κ1) is 23.2. The number of carboxylic acid groups (broad SMARTS) is 1. The first-order chi connectivity index (χ1) is 17.5. The first-order valence-corrected chi connectivity index (χ1v) is 11.8. The molecule has 4 aromatic rings. The van der Waals surface area contributed by atoms with Gasteiger partial charge in [-0.15, -0.1) is 0 Å². The Hall–Kier alpha value is -4.53. The van der Waals surface area contributed by atoms with Crippen molar-refractivity contribution in [3.63, 3.8) is 0 Å². The van der Waals surface area contributed by atoms with E-state index in [2.05, 4.69) is 5.32 Å². The van der Waals surface area contributed by atoms with E-state index < -0.39 is 12.5 Å². The smallest absolute Gasteiger partial charge is 0.322 e. The molecule has 0 saturated heterocycles. The Morgan fingerprint density at radius 1 is 0.944 bits per heavy atom. The lowest BCUT2D eigenvalue weighted by atomic mass is 9.93. The average Bonchev–Trinajstić information content (AvgIpc) is 3.28. The second-order valence-corrected chi connectivity index (χ2v) is 8.69. The van der Waals surface area contributed by atoms with Crippen molar-refractivity contribution in [2.24, 2.45) is 0 Å². The fourth-order valence-corrected chi connectivity index (χ4v) is 4.62. The van der Waals surface area contributed by atoms with Gasteiger partial charge >= 0.3 is 5.97 Å². The summed E-state index contributed by atoms with van der Waals surface area (Å²) >= 11 is 0. The number of amides is 1. The maximum Gasteiger partial charge on any atom is 0.322 e. The van der Waals surface area contributed by atoms with Crippen molar-refractivity contribution in [3.05, 3.63) is 82.8 Å². The number of nitrogens with one attached hydrogen (secondary N) is 1. The molecule has 0 aliphatic heterocycles. The minimum atomic E-state index is -1.10. The molecule has 0 spiro atoms. The largest absolute Gasteiger partial charge is 0.480 e. The number of carbonyl (C=O) groups excluding carboxylic acids is 1. The Labute approximate surface area is 206 Å². The number of aliphatic carboxylic acids is 1. The summed E-state index contributed by atoms with van der Waals surface area (Å²) in [5.41, 5.74) is 5.19. The molecule has 1 amide bonds. The van der Waals surface area contributed by atoms with Crippen molar-refractivity contribution < 1.29 is 14.7 Å². The first-order valence-electron chi connectivity index (χ1n) is 11.8. The van der Waals surface area contributed by atoms with Crippen LogP contribution in [0.25, 0.3) is 33.7 Å². The Morgan fingerprint density at radius 3 is 2.53 bits per heavy atom. The summed E-state index contributed by atoms with van der Waals surface area (Å²) in [7, 11) is 0. The van der Waals surface area contributed by atoms with E-state index in [0.29, 0.717) is 24.2 Å². The maximum absolute atomic E-state index is 13.0. The lowest BCUT2D eigenvalue weighted by molar-refractivity contribution is -0.137. The molecule has 9 nitrogen and oxygen atoms in total. The van der Waals surface area contributed by atoms with Gasteiger partial charge in [0, 0.05) is 29.9 Å². The molecule has 2 N–H and O–H groups in total. The lowest BCUT2D eigenvalue weighted by Crippen LogP contribution is -2.30. The number of fused-ring (bicyclic) bond motifs is 1. The molecular weight excluding hydrogens is 458 g/mol. The van der Waals surface area contributed by atoms with Gasteiger partial charge in [-0.25, -0.2) is 9.20 Å². The van der Waals surface area contributed by atoms with Crippen LogP contribution in [0.15, 0.2) is 77.2 Å². The number of carbonyl (C=O) groups is 2. The van der Waals surface area contributed by atoms with Crippen LogP contribution in [0.1, 0.15) is 32.1 Å². The number of aromatic nitrogens is 4. The third-order valence-corrected chi connectivity index (χ3v) is 6.26. The molecular formula is C27H25N5O4. The highest BCUT2D eigenvalue weighted by Gasteiger charge is 2.22. The van der Waals surface area contributed by atoms with Crippen molar-refractivity contribution in [1.29, 1.82) is 0 Å². The minimum absolute atomic E-state index is 0.0347. The van der Waals surface area contributed by atoms with Crippen LogP contribution in [0.5, 0.6) is 0 Å². The summed E-state index contributed by atoms with van der Waals surface area (Å²) in [6.07, 6.45) is 4.94. The topological polar surface area (TPSA) is 119 Å². The van der Waals surface area contributed by atoms with Crippen molar-refractivity contribution in [2.45, 2.75) is 32.1 Å². The third kappa shape index (κ3) is 4.68. The van der Waals surface area contributed by atoms with Crippen LogP contribution in [-0.4, -0.2) is 42.9 Å². The minimum Gasteiger partial charge on any atom is -0.480 e. The van der Waals surface area contributed by atoms with Crippen molar-refractivity contribution in [1.82, 2.24) is 24.7 Å². The highest BCUT2D eigenvalue weighted by atomic mass is 16.4. The van der Waals surface area contributed by atoms with Gasteiger partial charge < -0.3 is 10.4 Å². The fraction of sp³-hybridized carbons (Fsp3) is 0.222. The second-order valence-electron chi connectivity index (χ2n) is 8.69. The molecule has 36 heavy (non-hydrogen) atoms. The number of pyridine rings is 1. The van der Waals surface area contributed by atoms with E-state index in [1.54, 1.807) is 10.6 Å². The van der Waals surface area contributed by atoms with Gasteiger partial charge in [0.15, 0.2) is 0 Å². The summed E-state index contributed by atoms with van der Waals surface area (Å²) in [4.78, 5) is 36.1. The SMILES string of the molecule is O=C(O)CNC(=O)CC1=C(n2nc(-c3c(-c4ccccc4)nn4ccccc34)ccc2=O)CCCC1. The standard InChI is InChI=1S/C27H25N5O4/c33-23(28-17-25(35)36)16-19-10-4-5-11-21(19)32-24(34)14-13-20(29-32)26-22-12-6-7-15-31(22)30-27(26)18-8-2-1-3-9-18/h1-3,6-9,12-15H,4-5,10-11,16-17H2,(H,28,33)(H,35,36). The van der Waals surface area contributed by atoms with Crippen molar-refractivity contribution >= 4 is 23.1 Å². The van der Waals surface area contributed by atoms with Gasteiger partial charge in [-0.05, 0) is 49.5 Å². The van der Waals surface area contributed by atoms with Crippen LogP contribution in [0.2, 0.25) is 0 Å². The maximum atomic E-state index is 13.0. The molecule has 5 rings (SSSR count). The van der Waals surface area contributed by atoms with Crippen molar-refractivity contribution in [3.8, 4) is 22.5 Å². The van der Waals surface area contributed by atoms with Crippen LogP contribution in [0.3, 0.4) is 0 Å². The van der Waals surface area contributed by atoms with Gasteiger partial charge in [-0.2, -0.15) is 10.2 Å². The van der Waals surface area contributed by atoms with E-state index in [0.717, 1.165) is 40.8 Å². The Bertz CT molecular complexity index is 1530. The summed E-state index contributed by atoms with van der Waals surface area (Å²) < 4.78 is 3.20. The zero-order valence-corrected chi connectivity index (χ0v) is 19.6. The number of carboxylic acids is 1. The summed E-state index contributed by atoms with van der Waals surface area (Å²) in [5.74, 6) is -1.49. The molecule has 1 aliphatic rings. The fourth-order valence-electron chi connectivity index (χ4n) is 4.62. The van der Waals surface area contributed by atoms with Crippen LogP contribution in [0.4, 0.5) is 0 Å². The van der Waals surface area contributed by atoms with E-state index in [1.807, 2.05) is 54.7 Å². The quantitative estimate of drug-likeness (QED) is 0.415.